The van der Waals surface area contributed by atoms with E-state index in [1.165, 1.54) is 0 Å². The van der Waals surface area contributed by atoms with E-state index in [2.05, 4.69) is 5.10 Å². The lowest BCUT2D eigenvalue weighted by atomic mass is 10.1. The van der Waals surface area contributed by atoms with Gasteiger partial charge >= 0.3 is 5.97 Å². The van der Waals surface area contributed by atoms with Crippen LogP contribution in [0.2, 0.25) is 0 Å². The number of carbonyl (C=O) groups excluding carboxylic acids is 1. The zero-order valence-electron chi connectivity index (χ0n) is 14.3. The van der Waals surface area contributed by atoms with Crippen molar-refractivity contribution in [1.29, 1.82) is 0 Å². The van der Waals surface area contributed by atoms with Gasteiger partial charge in [0.1, 0.15) is 11.3 Å². The maximum absolute atomic E-state index is 12.3. The van der Waals surface area contributed by atoms with Crippen LogP contribution in [-0.4, -0.2) is 29.5 Å². The molecule has 1 aromatic heterocycles. The quantitative estimate of drug-likeness (QED) is 0.645. The predicted octanol–water partition coefficient (Wildman–Crippen LogP) is 3.65. The number of aromatic nitrogens is 2. The molecule has 2 aromatic carbocycles. The van der Waals surface area contributed by atoms with E-state index in [0.29, 0.717) is 18.6 Å². The van der Waals surface area contributed by atoms with Gasteiger partial charge < -0.3 is 9.47 Å². The Kier molecular flexibility index (Phi) is 5.14. The first-order valence-electron chi connectivity index (χ1n) is 8.15. The number of rotatable bonds is 6. The van der Waals surface area contributed by atoms with Gasteiger partial charge in [0.15, 0.2) is 0 Å². The van der Waals surface area contributed by atoms with E-state index >= 15 is 0 Å². The molecule has 0 aliphatic carbocycles. The van der Waals surface area contributed by atoms with Crippen molar-refractivity contribution in [2.24, 2.45) is 0 Å². The summed E-state index contributed by atoms with van der Waals surface area (Å²) in [6, 6.07) is 17.5. The third kappa shape index (κ3) is 3.71. The van der Waals surface area contributed by atoms with E-state index in [1.807, 2.05) is 54.6 Å². The molecule has 5 heteroatoms. The maximum Gasteiger partial charge on any atom is 0.341 e. The van der Waals surface area contributed by atoms with Crippen LogP contribution in [0.4, 0.5) is 0 Å². The Morgan fingerprint density at radius 1 is 1.08 bits per heavy atom. The summed E-state index contributed by atoms with van der Waals surface area (Å²) in [5, 5.41) is 4.41. The molecule has 128 valence electrons. The summed E-state index contributed by atoms with van der Waals surface area (Å²) in [5.41, 5.74) is 3.25. The Labute approximate surface area is 146 Å². The van der Waals surface area contributed by atoms with Crippen molar-refractivity contribution in [3.05, 3.63) is 77.6 Å². The molecule has 5 nitrogen and oxygen atoms in total. The predicted molar refractivity (Wildman–Crippen MR) is 95.3 cm³/mol. The lowest BCUT2D eigenvalue weighted by Crippen LogP contribution is -2.10. The van der Waals surface area contributed by atoms with E-state index in [4.69, 9.17) is 9.47 Å². The summed E-state index contributed by atoms with van der Waals surface area (Å²) in [6.45, 7) is 2.12. The maximum atomic E-state index is 12.3. The van der Waals surface area contributed by atoms with Crippen LogP contribution in [0.1, 0.15) is 28.5 Å². The lowest BCUT2D eigenvalue weighted by molar-refractivity contribution is 0.0525. The van der Waals surface area contributed by atoms with Gasteiger partial charge in [-0.1, -0.05) is 30.3 Å². The fraction of sp³-hybridized carbons (Fsp3) is 0.200. The van der Waals surface area contributed by atoms with E-state index in [9.17, 15) is 4.79 Å². The molecule has 0 aliphatic heterocycles. The van der Waals surface area contributed by atoms with Crippen LogP contribution in [0.5, 0.6) is 5.75 Å². The first-order valence-corrected chi connectivity index (χ1v) is 8.15. The Morgan fingerprint density at radius 3 is 2.44 bits per heavy atom. The van der Waals surface area contributed by atoms with Crippen molar-refractivity contribution in [2.75, 3.05) is 13.7 Å². The van der Waals surface area contributed by atoms with Gasteiger partial charge in [-0.3, -0.25) is 0 Å². The Balaban J connectivity index is 2.01. The third-order valence-corrected chi connectivity index (χ3v) is 3.90. The van der Waals surface area contributed by atoms with Crippen LogP contribution in [0.25, 0.3) is 5.69 Å². The Hall–Kier alpha value is -3.08. The number of methoxy groups -OCH3 is 1. The number of ether oxygens (including phenoxy) is 2. The van der Waals surface area contributed by atoms with Gasteiger partial charge in [0, 0.05) is 6.42 Å². The molecule has 1 heterocycles. The largest absolute Gasteiger partial charge is 0.497 e. The summed E-state index contributed by atoms with van der Waals surface area (Å²) < 4.78 is 12.2. The van der Waals surface area contributed by atoms with Crippen LogP contribution in [-0.2, 0) is 11.2 Å². The first-order chi connectivity index (χ1) is 12.2. The zero-order valence-corrected chi connectivity index (χ0v) is 14.3. The minimum absolute atomic E-state index is 0.331. The number of hydrogen-bond donors (Lipinski definition) is 0. The lowest BCUT2D eigenvalue weighted by Gasteiger charge is -2.10. The monoisotopic (exact) mass is 336 g/mol. The van der Waals surface area contributed by atoms with Crippen LogP contribution in [0.3, 0.4) is 0 Å². The van der Waals surface area contributed by atoms with Gasteiger partial charge in [-0.05, 0) is 36.8 Å². The molecule has 0 spiro atoms. The zero-order chi connectivity index (χ0) is 17.6. The van der Waals surface area contributed by atoms with Crippen molar-refractivity contribution in [3.63, 3.8) is 0 Å². The van der Waals surface area contributed by atoms with Crippen LogP contribution in [0.15, 0.2) is 60.8 Å². The molecule has 0 saturated carbocycles. The van der Waals surface area contributed by atoms with Crippen molar-refractivity contribution in [2.45, 2.75) is 13.3 Å². The molecule has 0 aliphatic rings. The SMILES string of the molecule is CCOC(=O)c1cnn(-c2ccccc2)c1Cc1ccc(OC)cc1. The fourth-order valence-corrected chi connectivity index (χ4v) is 2.65. The van der Waals surface area contributed by atoms with E-state index < -0.39 is 0 Å². The highest BCUT2D eigenvalue weighted by atomic mass is 16.5. The summed E-state index contributed by atoms with van der Waals surface area (Å²) in [5.74, 6) is 0.444. The Bertz CT molecular complexity index is 839. The van der Waals surface area contributed by atoms with Gasteiger partial charge in [-0.15, -0.1) is 0 Å². The average Bonchev–Trinajstić information content (AvgIpc) is 3.07. The smallest absolute Gasteiger partial charge is 0.341 e. The second kappa shape index (κ2) is 7.66. The number of hydrogen-bond acceptors (Lipinski definition) is 4. The topological polar surface area (TPSA) is 53.3 Å². The number of para-hydroxylation sites is 1. The molecule has 3 rings (SSSR count). The van der Waals surface area contributed by atoms with E-state index in [0.717, 1.165) is 22.7 Å². The highest BCUT2D eigenvalue weighted by Gasteiger charge is 2.19. The van der Waals surface area contributed by atoms with Gasteiger partial charge in [0.25, 0.3) is 0 Å². The summed E-state index contributed by atoms with van der Waals surface area (Å²) in [4.78, 5) is 12.3. The van der Waals surface area contributed by atoms with Crippen molar-refractivity contribution in [1.82, 2.24) is 9.78 Å². The molecule has 0 atom stereocenters. The average molecular weight is 336 g/mol. The first kappa shape index (κ1) is 16.8. The minimum atomic E-state index is -0.354. The van der Waals surface area contributed by atoms with Gasteiger partial charge in [0.2, 0.25) is 0 Å². The molecule has 0 bridgehead atoms. The van der Waals surface area contributed by atoms with Crippen molar-refractivity contribution in [3.8, 4) is 11.4 Å². The molecule has 0 amide bonds. The summed E-state index contributed by atoms with van der Waals surface area (Å²) in [7, 11) is 1.64. The van der Waals surface area contributed by atoms with Gasteiger partial charge in [-0.25, -0.2) is 9.48 Å². The van der Waals surface area contributed by atoms with Crippen molar-refractivity contribution >= 4 is 5.97 Å². The van der Waals surface area contributed by atoms with Gasteiger partial charge in [-0.2, -0.15) is 5.10 Å². The van der Waals surface area contributed by atoms with Crippen LogP contribution < -0.4 is 4.74 Å². The molecular weight excluding hydrogens is 316 g/mol. The van der Waals surface area contributed by atoms with Crippen molar-refractivity contribution < 1.29 is 14.3 Å². The second-order valence-corrected chi connectivity index (χ2v) is 5.50. The number of nitrogens with zero attached hydrogens (tertiary/aromatic N) is 2. The standard InChI is InChI=1S/C20H20N2O3/c1-3-25-20(23)18-14-21-22(16-7-5-4-6-8-16)19(18)13-15-9-11-17(24-2)12-10-15/h4-12,14H,3,13H2,1-2H3. The molecule has 0 N–H and O–H groups in total. The van der Waals surface area contributed by atoms with Crippen LogP contribution >= 0.6 is 0 Å². The fourth-order valence-electron chi connectivity index (χ4n) is 2.65. The summed E-state index contributed by atoms with van der Waals surface area (Å²) in [6.07, 6.45) is 2.14. The molecule has 3 aromatic rings. The number of carbonyl (C=O) groups is 1. The third-order valence-electron chi connectivity index (χ3n) is 3.90. The number of esters is 1. The Morgan fingerprint density at radius 2 is 1.80 bits per heavy atom. The van der Waals surface area contributed by atoms with E-state index in [-0.39, 0.29) is 5.97 Å². The molecule has 25 heavy (non-hydrogen) atoms. The van der Waals surface area contributed by atoms with E-state index in [1.54, 1.807) is 24.9 Å². The molecule has 0 fully saturated rings. The normalized spacial score (nSPS) is 10.5. The summed E-state index contributed by atoms with van der Waals surface area (Å²) >= 11 is 0. The molecular formula is C20H20N2O3. The highest BCUT2D eigenvalue weighted by molar-refractivity contribution is 5.90. The van der Waals surface area contributed by atoms with Crippen LogP contribution in [0, 0.1) is 0 Å². The van der Waals surface area contributed by atoms with Gasteiger partial charge in [0.05, 0.1) is 31.3 Å². The molecule has 0 unspecified atom stereocenters. The minimum Gasteiger partial charge on any atom is -0.497 e. The number of benzene rings is 2. The second-order valence-electron chi connectivity index (χ2n) is 5.50. The highest BCUT2D eigenvalue weighted by Crippen LogP contribution is 2.21. The molecule has 0 radical (unpaired) electrons. The molecule has 0 saturated heterocycles.